The predicted molar refractivity (Wildman–Crippen MR) is 112 cm³/mol. The summed E-state index contributed by atoms with van der Waals surface area (Å²) in [5, 5.41) is 6.26. The maximum atomic E-state index is 12.6. The highest BCUT2D eigenvalue weighted by Gasteiger charge is 2.11. The zero-order valence-electron chi connectivity index (χ0n) is 15.5. The average Bonchev–Trinajstić information content (AvgIpc) is 3.03. The van der Waals surface area contributed by atoms with Crippen LogP contribution in [0.15, 0.2) is 41.7 Å². The van der Waals surface area contributed by atoms with Crippen LogP contribution in [0.1, 0.15) is 18.1 Å². The second kappa shape index (κ2) is 11.6. The van der Waals surface area contributed by atoms with Crippen molar-refractivity contribution in [3.05, 3.63) is 47.8 Å². The van der Waals surface area contributed by atoms with E-state index in [1.165, 1.54) is 13.2 Å². The molecule has 0 bridgehead atoms. The van der Waals surface area contributed by atoms with Crippen LogP contribution in [0.3, 0.4) is 0 Å². The lowest BCUT2D eigenvalue weighted by Gasteiger charge is -2.15. The smallest absolute Gasteiger partial charge is 0.387 e. The number of hydrogen-bond donors (Lipinski definition) is 2. The summed E-state index contributed by atoms with van der Waals surface area (Å²) in [6, 6.07) is 6.70. The fourth-order valence-electron chi connectivity index (χ4n) is 2.38. The first-order valence-electron chi connectivity index (χ1n) is 8.26. The van der Waals surface area contributed by atoms with Crippen LogP contribution in [0, 0.1) is 0 Å². The molecule has 2 N–H and O–H groups in total. The summed E-state index contributed by atoms with van der Waals surface area (Å²) < 4.78 is 36.9. The zero-order chi connectivity index (χ0) is 18.9. The number of nitrogens with zero attached hydrogens (tertiary/aromatic N) is 2. The fourth-order valence-corrected chi connectivity index (χ4v) is 2.38. The van der Waals surface area contributed by atoms with Gasteiger partial charge in [0.05, 0.1) is 13.7 Å². The normalized spacial score (nSPS) is 11.1. The maximum Gasteiger partial charge on any atom is 0.387 e. The Bertz CT molecular complexity index is 738. The van der Waals surface area contributed by atoms with Crippen molar-refractivity contribution < 1.29 is 18.3 Å². The molecule has 1 aromatic carbocycles. The fraction of sp³-hybridized carbons (Fsp3) is 0.389. The van der Waals surface area contributed by atoms with Crippen molar-refractivity contribution in [2.75, 3.05) is 13.7 Å². The third kappa shape index (κ3) is 7.61. The van der Waals surface area contributed by atoms with Gasteiger partial charge >= 0.3 is 6.61 Å². The molecule has 0 radical (unpaired) electrons. The minimum absolute atomic E-state index is 0. The number of aliphatic imine (C=N–C) groups is 1. The largest absolute Gasteiger partial charge is 0.497 e. The highest BCUT2D eigenvalue weighted by atomic mass is 127. The molecule has 0 fully saturated rings. The number of benzene rings is 1. The Morgan fingerprint density at radius 1 is 1.26 bits per heavy atom. The van der Waals surface area contributed by atoms with Crippen LogP contribution >= 0.6 is 24.0 Å². The Hall–Kier alpha value is -2.04. The Balaban J connectivity index is 0.00000364. The topological polar surface area (TPSA) is 59.8 Å². The standard InChI is InChI=1S/C18H24F2N4O2.HI/c1-4-21-18(22-10-13-7-8-24(2)12-13)23-11-14-9-15(25-3)5-6-16(14)26-17(19)20;/h5-9,12,17H,4,10-11H2,1-3H3,(H2,21,22,23);1H. The first-order valence-corrected chi connectivity index (χ1v) is 8.26. The Kier molecular flexibility index (Phi) is 9.90. The number of ether oxygens (including phenoxy) is 2. The van der Waals surface area contributed by atoms with E-state index in [0.29, 0.717) is 30.4 Å². The number of hydrogen-bond acceptors (Lipinski definition) is 3. The van der Waals surface area contributed by atoms with Crippen LogP contribution in [0.4, 0.5) is 8.78 Å². The Morgan fingerprint density at radius 3 is 2.63 bits per heavy atom. The summed E-state index contributed by atoms with van der Waals surface area (Å²) >= 11 is 0. The quantitative estimate of drug-likeness (QED) is 0.335. The minimum atomic E-state index is -2.89. The molecule has 1 heterocycles. The second-order valence-electron chi connectivity index (χ2n) is 5.59. The summed E-state index contributed by atoms with van der Waals surface area (Å²) in [6.45, 7) is 0.520. The second-order valence-corrected chi connectivity index (χ2v) is 5.59. The van der Waals surface area contributed by atoms with Gasteiger partial charge in [-0.15, -0.1) is 24.0 Å². The van der Waals surface area contributed by atoms with Crippen molar-refractivity contribution in [1.29, 1.82) is 0 Å². The van der Waals surface area contributed by atoms with Gasteiger partial charge in [-0.3, -0.25) is 0 Å². The molecule has 1 aromatic heterocycles. The van der Waals surface area contributed by atoms with E-state index in [1.54, 1.807) is 12.1 Å². The van der Waals surface area contributed by atoms with E-state index in [-0.39, 0.29) is 36.3 Å². The molecule has 0 atom stereocenters. The van der Waals surface area contributed by atoms with E-state index < -0.39 is 6.61 Å². The van der Waals surface area contributed by atoms with Crippen molar-refractivity contribution in [3.8, 4) is 11.5 Å². The summed E-state index contributed by atoms with van der Waals surface area (Å²) in [5.41, 5.74) is 1.63. The lowest BCUT2D eigenvalue weighted by atomic mass is 10.2. The number of methoxy groups -OCH3 is 1. The number of aromatic nitrogens is 1. The molecule has 0 saturated carbocycles. The van der Waals surface area contributed by atoms with Gasteiger partial charge in [0.25, 0.3) is 0 Å². The summed E-state index contributed by atoms with van der Waals surface area (Å²) in [5.74, 6) is 1.25. The zero-order valence-corrected chi connectivity index (χ0v) is 17.9. The van der Waals surface area contributed by atoms with Crippen LogP contribution in [0.5, 0.6) is 11.5 Å². The molecule has 2 rings (SSSR count). The van der Waals surface area contributed by atoms with Crippen LogP contribution < -0.4 is 20.1 Å². The van der Waals surface area contributed by atoms with Gasteiger partial charge in [0, 0.05) is 38.1 Å². The van der Waals surface area contributed by atoms with Crippen molar-refractivity contribution in [2.45, 2.75) is 26.6 Å². The van der Waals surface area contributed by atoms with E-state index in [9.17, 15) is 8.78 Å². The molecule has 0 unspecified atom stereocenters. The maximum absolute atomic E-state index is 12.6. The van der Waals surface area contributed by atoms with Crippen LogP contribution in [-0.4, -0.2) is 30.8 Å². The van der Waals surface area contributed by atoms with Crippen LogP contribution in [0.2, 0.25) is 0 Å². The molecule has 9 heteroatoms. The molecule has 0 aliphatic heterocycles. The molecular weight excluding hydrogens is 469 g/mol. The van der Waals surface area contributed by atoms with Crippen LogP contribution in [0.25, 0.3) is 0 Å². The van der Waals surface area contributed by atoms with Crippen molar-refractivity contribution in [2.24, 2.45) is 12.0 Å². The SMILES string of the molecule is CCNC(=NCc1ccn(C)c1)NCc1cc(OC)ccc1OC(F)F.I. The van der Waals surface area contributed by atoms with E-state index in [2.05, 4.69) is 20.4 Å². The first kappa shape index (κ1) is 23.0. The molecule has 27 heavy (non-hydrogen) atoms. The summed E-state index contributed by atoms with van der Waals surface area (Å²) in [7, 11) is 3.47. The molecule has 0 aliphatic rings. The lowest BCUT2D eigenvalue weighted by Crippen LogP contribution is -2.36. The van der Waals surface area contributed by atoms with E-state index in [4.69, 9.17) is 4.74 Å². The Morgan fingerprint density at radius 2 is 2.04 bits per heavy atom. The van der Waals surface area contributed by atoms with Crippen LogP contribution in [-0.2, 0) is 20.1 Å². The van der Waals surface area contributed by atoms with Gasteiger partial charge in [-0.25, -0.2) is 4.99 Å². The van der Waals surface area contributed by atoms with Gasteiger partial charge in [0.1, 0.15) is 11.5 Å². The molecule has 150 valence electrons. The van der Waals surface area contributed by atoms with Gasteiger partial charge in [0.15, 0.2) is 5.96 Å². The minimum Gasteiger partial charge on any atom is -0.497 e. The van der Waals surface area contributed by atoms with Crippen molar-refractivity contribution >= 4 is 29.9 Å². The molecule has 0 aliphatic carbocycles. The molecule has 0 amide bonds. The van der Waals surface area contributed by atoms with Gasteiger partial charge in [-0.1, -0.05) is 0 Å². The van der Waals surface area contributed by atoms with Crippen molar-refractivity contribution in [1.82, 2.24) is 15.2 Å². The highest BCUT2D eigenvalue weighted by Crippen LogP contribution is 2.25. The number of halogens is 3. The van der Waals surface area contributed by atoms with Gasteiger partial charge in [-0.05, 0) is 36.8 Å². The van der Waals surface area contributed by atoms with E-state index >= 15 is 0 Å². The summed E-state index contributed by atoms with van der Waals surface area (Å²) in [4.78, 5) is 4.51. The van der Waals surface area contributed by atoms with Gasteiger partial charge in [-0.2, -0.15) is 8.78 Å². The predicted octanol–water partition coefficient (Wildman–Crippen LogP) is 3.51. The Labute approximate surface area is 175 Å². The van der Waals surface area contributed by atoms with E-state index in [0.717, 1.165) is 5.56 Å². The van der Waals surface area contributed by atoms with Gasteiger partial charge < -0.3 is 24.7 Å². The molecule has 0 saturated heterocycles. The molecule has 2 aromatic rings. The number of guanidine groups is 1. The third-order valence-electron chi connectivity index (χ3n) is 3.59. The first-order chi connectivity index (χ1) is 12.5. The molecule has 6 nitrogen and oxygen atoms in total. The highest BCUT2D eigenvalue weighted by molar-refractivity contribution is 14.0. The van der Waals surface area contributed by atoms with Gasteiger partial charge in [0.2, 0.25) is 0 Å². The number of nitrogens with one attached hydrogen (secondary N) is 2. The van der Waals surface area contributed by atoms with Crippen molar-refractivity contribution in [3.63, 3.8) is 0 Å². The monoisotopic (exact) mass is 494 g/mol. The van der Waals surface area contributed by atoms with E-state index in [1.807, 2.05) is 37.0 Å². The third-order valence-corrected chi connectivity index (χ3v) is 3.59. The molecular formula is C18H25F2IN4O2. The lowest BCUT2D eigenvalue weighted by molar-refractivity contribution is -0.0504. The number of rotatable bonds is 8. The number of aryl methyl sites for hydroxylation is 1. The number of alkyl halides is 2. The molecule has 0 spiro atoms. The average molecular weight is 494 g/mol. The summed E-state index contributed by atoms with van der Waals surface area (Å²) in [6.07, 6.45) is 3.94.